The molecule has 0 saturated heterocycles. The van der Waals surface area contributed by atoms with Gasteiger partial charge in [-0.15, -0.1) is 0 Å². The van der Waals surface area contributed by atoms with Crippen molar-refractivity contribution in [3.8, 4) is 6.07 Å². The highest BCUT2D eigenvalue weighted by Gasteiger charge is 2.08. The quantitative estimate of drug-likeness (QED) is 0.410. The average molecular weight is 192 g/mol. The molecule has 13 heavy (non-hydrogen) atoms. The number of carbonyl (C=O) groups excluding carboxylic acids is 1. The highest BCUT2D eigenvalue weighted by molar-refractivity contribution is 6.30. The van der Waals surface area contributed by atoms with Crippen molar-refractivity contribution in [2.75, 3.05) is 0 Å². The number of halogens is 1. The van der Waals surface area contributed by atoms with E-state index < -0.39 is 0 Å². The van der Waals surface area contributed by atoms with Gasteiger partial charge in [0.15, 0.2) is 0 Å². The van der Waals surface area contributed by atoms with E-state index in [0.717, 1.165) is 0 Å². The van der Waals surface area contributed by atoms with E-state index in [1.54, 1.807) is 30.3 Å². The highest BCUT2D eigenvalue weighted by atomic mass is 35.5. The molecule has 1 aromatic rings. The summed E-state index contributed by atoms with van der Waals surface area (Å²) in [6, 6.07) is 8.02. The fourth-order valence-corrected chi connectivity index (χ4v) is 0.952. The predicted molar refractivity (Wildman–Crippen MR) is 50.5 cm³/mol. The van der Waals surface area contributed by atoms with Gasteiger partial charge in [0.1, 0.15) is 6.07 Å². The first-order valence-corrected chi connectivity index (χ1v) is 3.92. The number of Topliss-reactive ketones (excluding diaryl/α,β-unsaturated/α-hetero) is 1. The smallest absolute Gasteiger partial charge is 0.202 e. The monoisotopic (exact) mass is 191 g/mol. The molecular weight excluding hydrogens is 186 g/mol. The zero-order chi connectivity index (χ0) is 9.84. The van der Waals surface area contributed by atoms with Crippen molar-refractivity contribution < 1.29 is 4.79 Å². The zero-order valence-corrected chi connectivity index (χ0v) is 7.51. The summed E-state index contributed by atoms with van der Waals surface area (Å²) in [5.41, 5.74) is 0.360. The summed E-state index contributed by atoms with van der Waals surface area (Å²) in [6.45, 7) is 3.33. The van der Waals surface area contributed by atoms with E-state index in [1.165, 1.54) is 0 Å². The fourth-order valence-electron chi connectivity index (χ4n) is 0.826. The van der Waals surface area contributed by atoms with Crippen LogP contribution in [0.2, 0.25) is 5.02 Å². The minimum atomic E-state index is -0.362. The Labute approximate surface area is 81.1 Å². The van der Waals surface area contributed by atoms with E-state index >= 15 is 0 Å². The fraction of sp³-hybridized carbons (Fsp3) is 0. The normalized spacial score (nSPS) is 8.92. The van der Waals surface area contributed by atoms with E-state index in [2.05, 4.69) is 6.58 Å². The summed E-state index contributed by atoms with van der Waals surface area (Å²) < 4.78 is 0. The zero-order valence-electron chi connectivity index (χ0n) is 6.75. The molecule has 0 aliphatic carbocycles. The lowest BCUT2D eigenvalue weighted by molar-refractivity contribution is 0.103. The van der Waals surface area contributed by atoms with Crippen LogP contribution >= 0.6 is 11.6 Å². The van der Waals surface area contributed by atoms with Crippen LogP contribution in [0.4, 0.5) is 0 Å². The van der Waals surface area contributed by atoms with Crippen LogP contribution in [0, 0.1) is 11.3 Å². The molecule has 0 amide bonds. The first-order chi connectivity index (χ1) is 6.15. The van der Waals surface area contributed by atoms with Crippen molar-refractivity contribution in [2.45, 2.75) is 0 Å². The molecule has 0 aliphatic rings. The number of nitriles is 1. The molecule has 0 heterocycles. The topological polar surface area (TPSA) is 40.9 Å². The summed E-state index contributed by atoms with van der Waals surface area (Å²) in [7, 11) is 0. The molecule has 64 valence electrons. The Balaban J connectivity index is 2.98. The standard InChI is InChI=1S/C10H6ClNO/c1-7(6-12)10(13)8-2-4-9(11)5-3-8/h2-5H,1H2. The number of hydrogen-bond acceptors (Lipinski definition) is 2. The van der Waals surface area contributed by atoms with Crippen molar-refractivity contribution in [1.29, 1.82) is 5.26 Å². The van der Waals surface area contributed by atoms with Crippen LogP contribution in [-0.2, 0) is 0 Å². The Hall–Kier alpha value is -1.59. The third-order valence-electron chi connectivity index (χ3n) is 1.52. The van der Waals surface area contributed by atoms with E-state index in [0.29, 0.717) is 10.6 Å². The SMILES string of the molecule is C=C(C#N)C(=O)c1ccc(Cl)cc1. The molecule has 0 bridgehead atoms. The molecule has 2 nitrogen and oxygen atoms in total. The lowest BCUT2D eigenvalue weighted by Crippen LogP contribution is -1.99. The lowest BCUT2D eigenvalue weighted by atomic mass is 10.1. The van der Waals surface area contributed by atoms with E-state index in [1.807, 2.05) is 0 Å². The number of rotatable bonds is 2. The summed E-state index contributed by atoms with van der Waals surface area (Å²) in [5, 5.41) is 8.98. The molecule has 0 unspecified atom stereocenters. The Morgan fingerprint density at radius 1 is 1.38 bits per heavy atom. The van der Waals surface area contributed by atoms with Crippen LogP contribution in [0.1, 0.15) is 10.4 Å². The van der Waals surface area contributed by atoms with Gasteiger partial charge in [-0.25, -0.2) is 0 Å². The van der Waals surface area contributed by atoms with Crippen LogP contribution in [-0.4, -0.2) is 5.78 Å². The second-order valence-corrected chi connectivity index (χ2v) is 2.86. The van der Waals surface area contributed by atoms with Crippen molar-refractivity contribution in [2.24, 2.45) is 0 Å². The van der Waals surface area contributed by atoms with Crippen molar-refractivity contribution in [1.82, 2.24) is 0 Å². The number of carbonyl (C=O) groups is 1. The predicted octanol–water partition coefficient (Wildman–Crippen LogP) is 2.60. The second-order valence-electron chi connectivity index (χ2n) is 2.43. The number of hydrogen-bond donors (Lipinski definition) is 0. The van der Waals surface area contributed by atoms with Crippen molar-refractivity contribution in [3.05, 3.63) is 47.0 Å². The summed E-state index contributed by atoms with van der Waals surface area (Å²) in [6.07, 6.45) is 0. The van der Waals surface area contributed by atoms with Gasteiger partial charge < -0.3 is 0 Å². The van der Waals surface area contributed by atoms with Gasteiger partial charge in [0, 0.05) is 10.6 Å². The summed E-state index contributed by atoms with van der Waals surface area (Å²) in [5.74, 6) is -0.362. The molecule has 0 fully saturated rings. The number of nitrogens with zero attached hydrogens (tertiary/aromatic N) is 1. The molecule has 1 rings (SSSR count). The van der Waals surface area contributed by atoms with Gasteiger partial charge in [-0.2, -0.15) is 5.26 Å². The number of allylic oxidation sites excluding steroid dienone is 1. The molecule has 0 spiro atoms. The molecule has 0 radical (unpaired) electrons. The molecule has 0 aliphatic heterocycles. The van der Waals surface area contributed by atoms with Gasteiger partial charge in [-0.3, -0.25) is 4.79 Å². The molecule has 3 heteroatoms. The number of benzene rings is 1. The van der Waals surface area contributed by atoms with Gasteiger partial charge in [0.2, 0.25) is 5.78 Å². The molecule has 0 N–H and O–H groups in total. The Kier molecular flexibility index (Phi) is 2.84. The Morgan fingerprint density at radius 3 is 2.38 bits per heavy atom. The molecule has 1 aromatic carbocycles. The largest absolute Gasteiger partial charge is 0.288 e. The van der Waals surface area contributed by atoms with Crippen molar-refractivity contribution >= 4 is 17.4 Å². The molecule has 0 atom stereocenters. The summed E-state index contributed by atoms with van der Waals surface area (Å²) in [4.78, 5) is 11.3. The highest BCUT2D eigenvalue weighted by Crippen LogP contribution is 2.12. The lowest BCUT2D eigenvalue weighted by Gasteiger charge is -1.96. The third-order valence-corrected chi connectivity index (χ3v) is 1.77. The van der Waals surface area contributed by atoms with Gasteiger partial charge in [0.25, 0.3) is 0 Å². The van der Waals surface area contributed by atoms with Gasteiger partial charge in [-0.05, 0) is 24.3 Å². The van der Waals surface area contributed by atoms with Crippen LogP contribution in [0.25, 0.3) is 0 Å². The minimum Gasteiger partial charge on any atom is -0.288 e. The van der Waals surface area contributed by atoms with Crippen LogP contribution in [0.5, 0.6) is 0 Å². The van der Waals surface area contributed by atoms with E-state index in [-0.39, 0.29) is 11.4 Å². The minimum absolute atomic E-state index is 0.0673. The maximum atomic E-state index is 11.3. The Bertz CT molecular complexity index is 386. The van der Waals surface area contributed by atoms with Crippen LogP contribution < -0.4 is 0 Å². The third kappa shape index (κ3) is 2.17. The van der Waals surface area contributed by atoms with Crippen molar-refractivity contribution in [3.63, 3.8) is 0 Å². The first-order valence-electron chi connectivity index (χ1n) is 3.54. The molecular formula is C10H6ClNO. The maximum absolute atomic E-state index is 11.3. The van der Waals surface area contributed by atoms with E-state index in [9.17, 15) is 4.79 Å². The number of ketones is 1. The summed E-state index contributed by atoms with van der Waals surface area (Å²) >= 11 is 5.63. The van der Waals surface area contributed by atoms with Gasteiger partial charge in [0.05, 0.1) is 5.57 Å². The molecule has 0 saturated carbocycles. The van der Waals surface area contributed by atoms with Crippen LogP contribution in [0.3, 0.4) is 0 Å². The average Bonchev–Trinajstić information content (AvgIpc) is 2.17. The van der Waals surface area contributed by atoms with Crippen LogP contribution in [0.15, 0.2) is 36.4 Å². The first kappa shape index (κ1) is 9.50. The Morgan fingerprint density at radius 2 is 1.92 bits per heavy atom. The second kappa shape index (κ2) is 3.88. The van der Waals surface area contributed by atoms with Gasteiger partial charge >= 0.3 is 0 Å². The van der Waals surface area contributed by atoms with Gasteiger partial charge in [-0.1, -0.05) is 18.2 Å². The molecule has 0 aromatic heterocycles. The van der Waals surface area contributed by atoms with E-state index in [4.69, 9.17) is 16.9 Å². The maximum Gasteiger partial charge on any atom is 0.202 e.